The molecule has 0 aromatic heterocycles. The molecule has 0 spiro atoms. The van der Waals surface area contributed by atoms with E-state index in [9.17, 15) is 0 Å². The van der Waals surface area contributed by atoms with Gasteiger partial charge in [-0.2, -0.15) is 0 Å². The lowest BCUT2D eigenvalue weighted by Crippen LogP contribution is -2.06. The maximum atomic E-state index is 6.29. The van der Waals surface area contributed by atoms with Gasteiger partial charge in [0.05, 0.1) is 5.02 Å². The predicted molar refractivity (Wildman–Crippen MR) is 82.5 cm³/mol. The molecule has 0 saturated carbocycles. The first-order valence-corrected chi connectivity index (χ1v) is 7.55. The molecule has 0 aliphatic heterocycles. The topological polar surface area (TPSA) is 12.0 Å². The standard InChI is InChI=1S/C14H13BrClNS/c1-17-9-10-4-2-7-13(16)14(10)18-12-6-3-5-11(15)8-12/h2-8,17H,9H2,1H3. The van der Waals surface area contributed by atoms with Crippen molar-refractivity contribution in [3.05, 3.63) is 57.5 Å². The highest BCUT2D eigenvalue weighted by Gasteiger charge is 2.08. The van der Waals surface area contributed by atoms with Crippen molar-refractivity contribution in [2.24, 2.45) is 0 Å². The highest BCUT2D eigenvalue weighted by atomic mass is 79.9. The summed E-state index contributed by atoms with van der Waals surface area (Å²) in [4.78, 5) is 2.29. The summed E-state index contributed by atoms with van der Waals surface area (Å²) in [6, 6.07) is 14.2. The molecule has 0 aliphatic carbocycles. The molecule has 1 nitrogen and oxygen atoms in total. The summed E-state index contributed by atoms with van der Waals surface area (Å²) in [5, 5.41) is 3.97. The Bertz CT molecular complexity index is 545. The summed E-state index contributed by atoms with van der Waals surface area (Å²) < 4.78 is 1.08. The van der Waals surface area contributed by atoms with Crippen LogP contribution in [0.1, 0.15) is 5.56 Å². The fourth-order valence-electron chi connectivity index (χ4n) is 1.65. The Kier molecular flexibility index (Phi) is 5.13. The molecule has 2 rings (SSSR count). The third-order valence-corrected chi connectivity index (χ3v) is 4.53. The fraction of sp³-hybridized carbons (Fsp3) is 0.143. The zero-order chi connectivity index (χ0) is 13.0. The van der Waals surface area contributed by atoms with E-state index in [1.54, 1.807) is 11.8 Å². The second-order valence-electron chi connectivity index (χ2n) is 3.82. The third-order valence-electron chi connectivity index (χ3n) is 2.43. The van der Waals surface area contributed by atoms with Crippen LogP contribution < -0.4 is 5.32 Å². The number of hydrogen-bond acceptors (Lipinski definition) is 2. The van der Waals surface area contributed by atoms with Gasteiger partial charge < -0.3 is 5.32 Å². The van der Waals surface area contributed by atoms with Gasteiger partial charge >= 0.3 is 0 Å². The molecule has 0 bridgehead atoms. The van der Waals surface area contributed by atoms with Gasteiger partial charge in [0.25, 0.3) is 0 Å². The van der Waals surface area contributed by atoms with Gasteiger partial charge in [0.15, 0.2) is 0 Å². The number of benzene rings is 2. The first-order chi connectivity index (χ1) is 8.70. The maximum absolute atomic E-state index is 6.29. The summed E-state index contributed by atoms with van der Waals surface area (Å²) in [7, 11) is 1.94. The van der Waals surface area contributed by atoms with Crippen LogP contribution in [-0.4, -0.2) is 7.05 Å². The van der Waals surface area contributed by atoms with Crippen LogP contribution in [0.15, 0.2) is 56.7 Å². The summed E-state index contributed by atoms with van der Waals surface area (Å²) in [6.45, 7) is 0.816. The minimum absolute atomic E-state index is 0.799. The normalized spacial score (nSPS) is 10.6. The van der Waals surface area contributed by atoms with Gasteiger partial charge in [-0.1, -0.05) is 57.5 Å². The van der Waals surface area contributed by atoms with Crippen molar-refractivity contribution >= 4 is 39.3 Å². The van der Waals surface area contributed by atoms with Crippen molar-refractivity contribution < 1.29 is 0 Å². The van der Waals surface area contributed by atoms with Crippen molar-refractivity contribution in [1.29, 1.82) is 0 Å². The molecule has 94 valence electrons. The lowest BCUT2D eigenvalue weighted by Gasteiger charge is -2.11. The zero-order valence-corrected chi connectivity index (χ0v) is 13.1. The van der Waals surface area contributed by atoms with Crippen LogP contribution in [-0.2, 0) is 6.54 Å². The molecule has 1 N–H and O–H groups in total. The monoisotopic (exact) mass is 341 g/mol. The maximum Gasteiger partial charge on any atom is 0.0548 e. The van der Waals surface area contributed by atoms with Crippen LogP contribution in [0.2, 0.25) is 5.02 Å². The molecular weight excluding hydrogens is 330 g/mol. The van der Waals surface area contributed by atoms with Gasteiger partial charge in [0, 0.05) is 20.8 Å². The number of rotatable bonds is 4. The molecule has 0 radical (unpaired) electrons. The van der Waals surface area contributed by atoms with Crippen molar-refractivity contribution in [3.8, 4) is 0 Å². The van der Waals surface area contributed by atoms with Crippen molar-refractivity contribution in [2.75, 3.05) is 7.05 Å². The average molecular weight is 343 g/mol. The first-order valence-electron chi connectivity index (χ1n) is 5.56. The lowest BCUT2D eigenvalue weighted by molar-refractivity contribution is 0.803. The quantitative estimate of drug-likeness (QED) is 0.841. The van der Waals surface area contributed by atoms with Crippen LogP contribution in [0.5, 0.6) is 0 Å². The highest BCUT2D eigenvalue weighted by Crippen LogP contribution is 2.36. The van der Waals surface area contributed by atoms with Gasteiger partial charge in [-0.15, -0.1) is 0 Å². The molecule has 4 heteroatoms. The van der Waals surface area contributed by atoms with E-state index in [1.807, 2.05) is 31.3 Å². The SMILES string of the molecule is CNCc1cccc(Cl)c1Sc1cccc(Br)c1. The van der Waals surface area contributed by atoms with Crippen molar-refractivity contribution in [3.63, 3.8) is 0 Å². The van der Waals surface area contributed by atoms with E-state index in [0.717, 1.165) is 20.9 Å². The minimum Gasteiger partial charge on any atom is -0.316 e. The molecule has 0 saturated heterocycles. The Balaban J connectivity index is 2.33. The summed E-state index contributed by atoms with van der Waals surface area (Å²) in [6.07, 6.45) is 0. The summed E-state index contributed by atoms with van der Waals surface area (Å²) in [5.41, 5.74) is 1.22. The van der Waals surface area contributed by atoms with Gasteiger partial charge in [-0.3, -0.25) is 0 Å². The molecule has 0 unspecified atom stereocenters. The molecule has 2 aromatic rings. The fourth-order valence-corrected chi connectivity index (χ4v) is 3.51. The Morgan fingerprint density at radius 2 is 2.00 bits per heavy atom. The van der Waals surface area contributed by atoms with E-state index in [2.05, 4.69) is 39.4 Å². The van der Waals surface area contributed by atoms with E-state index in [1.165, 1.54) is 10.5 Å². The van der Waals surface area contributed by atoms with E-state index in [4.69, 9.17) is 11.6 Å². The minimum atomic E-state index is 0.799. The Hall–Kier alpha value is -0.480. The van der Waals surface area contributed by atoms with Crippen LogP contribution >= 0.6 is 39.3 Å². The second kappa shape index (κ2) is 6.62. The average Bonchev–Trinajstić information content (AvgIpc) is 2.34. The first kappa shape index (κ1) is 13.9. The number of nitrogens with one attached hydrogen (secondary N) is 1. The van der Waals surface area contributed by atoms with Gasteiger partial charge in [0.1, 0.15) is 0 Å². The summed E-state index contributed by atoms with van der Waals surface area (Å²) >= 11 is 11.5. The molecular formula is C14H13BrClNS. The Morgan fingerprint density at radius 3 is 2.72 bits per heavy atom. The largest absolute Gasteiger partial charge is 0.316 e. The Morgan fingerprint density at radius 1 is 1.22 bits per heavy atom. The molecule has 0 heterocycles. The van der Waals surface area contributed by atoms with Crippen LogP contribution in [0.4, 0.5) is 0 Å². The molecule has 0 aliphatic rings. The highest BCUT2D eigenvalue weighted by molar-refractivity contribution is 9.10. The third kappa shape index (κ3) is 3.51. The molecule has 0 fully saturated rings. The van der Waals surface area contributed by atoms with Crippen LogP contribution in [0.3, 0.4) is 0 Å². The molecule has 2 aromatic carbocycles. The van der Waals surface area contributed by atoms with Gasteiger partial charge in [0.2, 0.25) is 0 Å². The lowest BCUT2D eigenvalue weighted by atomic mass is 10.2. The van der Waals surface area contributed by atoms with Crippen molar-refractivity contribution in [2.45, 2.75) is 16.3 Å². The summed E-state index contributed by atoms with van der Waals surface area (Å²) in [5.74, 6) is 0. The Labute approximate surface area is 125 Å². The van der Waals surface area contributed by atoms with E-state index in [0.29, 0.717) is 0 Å². The number of halogens is 2. The van der Waals surface area contributed by atoms with Gasteiger partial charge in [-0.05, 0) is 36.9 Å². The predicted octanol–water partition coefficient (Wildman–Crippen LogP) is 4.97. The molecule has 0 amide bonds. The van der Waals surface area contributed by atoms with Crippen LogP contribution in [0.25, 0.3) is 0 Å². The second-order valence-corrected chi connectivity index (χ2v) is 6.22. The molecule has 0 atom stereocenters. The zero-order valence-electron chi connectivity index (χ0n) is 9.91. The van der Waals surface area contributed by atoms with Gasteiger partial charge in [-0.25, -0.2) is 0 Å². The smallest absolute Gasteiger partial charge is 0.0548 e. The molecule has 18 heavy (non-hydrogen) atoms. The van der Waals surface area contributed by atoms with E-state index in [-0.39, 0.29) is 0 Å². The van der Waals surface area contributed by atoms with E-state index >= 15 is 0 Å². The van der Waals surface area contributed by atoms with Crippen molar-refractivity contribution in [1.82, 2.24) is 5.32 Å². The van der Waals surface area contributed by atoms with Crippen LogP contribution in [0, 0.1) is 0 Å². The number of hydrogen-bond donors (Lipinski definition) is 1. The van der Waals surface area contributed by atoms with E-state index < -0.39 is 0 Å².